The molecule has 5 aromatic rings. The number of urea groups is 1. The van der Waals surface area contributed by atoms with Gasteiger partial charge >= 0.3 is 12.2 Å². The van der Waals surface area contributed by atoms with Gasteiger partial charge < -0.3 is 20.5 Å². The van der Waals surface area contributed by atoms with Crippen molar-refractivity contribution < 1.29 is 32.6 Å². The smallest absolute Gasteiger partial charge is 0.416 e. The van der Waals surface area contributed by atoms with Crippen LogP contribution in [-0.2, 0) is 24.1 Å². The first-order chi connectivity index (χ1) is 26.0. The van der Waals surface area contributed by atoms with Gasteiger partial charge in [-0.1, -0.05) is 41.9 Å². The van der Waals surface area contributed by atoms with E-state index in [4.69, 9.17) is 21.3 Å². The van der Waals surface area contributed by atoms with Crippen LogP contribution in [0.15, 0.2) is 101 Å². The number of hydrogen-bond donors (Lipinski definition) is 4. The second-order valence-electron chi connectivity index (χ2n) is 12.4. The number of carbonyl (C=O) groups is 2. The molecule has 0 atom stereocenters. The van der Waals surface area contributed by atoms with E-state index in [-0.39, 0.29) is 28.9 Å². The normalized spacial score (nSPS) is 13.9. The first-order valence-electron chi connectivity index (χ1n) is 16.7. The van der Waals surface area contributed by atoms with Crippen molar-refractivity contribution >= 4 is 52.5 Å². The number of anilines is 2. The lowest BCUT2D eigenvalue weighted by Crippen LogP contribution is -2.48. The van der Waals surface area contributed by atoms with Crippen LogP contribution in [0.25, 0.3) is 10.6 Å². The van der Waals surface area contributed by atoms with E-state index in [0.717, 1.165) is 47.1 Å². The van der Waals surface area contributed by atoms with Crippen LogP contribution in [-0.4, -0.2) is 70.8 Å². The number of rotatable bonds is 12. The zero-order valence-electron chi connectivity index (χ0n) is 28.6. The average molecular weight is 778 g/mol. The number of aromatic nitrogens is 1. The number of nitrogens with zero attached hydrogens (tertiary/aromatic N) is 4. The van der Waals surface area contributed by atoms with Crippen molar-refractivity contribution in [2.75, 3.05) is 43.4 Å². The first-order valence-corrected chi connectivity index (χ1v) is 18.0. The van der Waals surface area contributed by atoms with Crippen LogP contribution in [0.5, 0.6) is 11.5 Å². The molecule has 6 rings (SSSR count). The number of hydrogen-bond acceptors (Lipinski definition) is 9. The van der Waals surface area contributed by atoms with Gasteiger partial charge in [0, 0.05) is 65.6 Å². The molecule has 0 bridgehead atoms. The lowest BCUT2D eigenvalue weighted by atomic mass is 10.2. The predicted octanol–water partition coefficient (Wildman–Crippen LogP) is 7.68. The summed E-state index contributed by atoms with van der Waals surface area (Å²) in [6.07, 6.45) is -3.21. The number of benzene rings is 4. The second kappa shape index (κ2) is 17.6. The minimum atomic E-state index is -4.60. The van der Waals surface area contributed by atoms with Gasteiger partial charge in [-0.15, -0.1) is 11.3 Å². The van der Waals surface area contributed by atoms with E-state index in [1.807, 2.05) is 40.6 Å². The Balaban J connectivity index is 0.915. The van der Waals surface area contributed by atoms with Gasteiger partial charge in [-0.05, 0) is 66.2 Å². The molecule has 4 N–H and O–H groups in total. The fourth-order valence-corrected chi connectivity index (χ4v) is 6.59. The Kier molecular flexibility index (Phi) is 12.4. The predicted molar refractivity (Wildman–Crippen MR) is 203 cm³/mol. The molecular formula is C38H35ClF3N7O4S. The summed E-state index contributed by atoms with van der Waals surface area (Å²) in [6.45, 7) is 4.11. The van der Waals surface area contributed by atoms with Crippen LogP contribution in [0.2, 0.25) is 5.02 Å². The second-order valence-corrected chi connectivity index (χ2v) is 13.7. The highest BCUT2D eigenvalue weighted by Crippen LogP contribution is 2.33. The largest absolute Gasteiger partial charge is 0.507 e. The molecule has 0 unspecified atom stereocenters. The molecule has 1 aliphatic rings. The molecule has 4 aromatic carbocycles. The molecule has 1 saturated heterocycles. The molecule has 54 heavy (non-hydrogen) atoms. The Morgan fingerprint density at radius 1 is 0.926 bits per heavy atom. The number of halogens is 4. The Morgan fingerprint density at radius 3 is 2.39 bits per heavy atom. The van der Waals surface area contributed by atoms with Crippen molar-refractivity contribution in [2.24, 2.45) is 5.10 Å². The number of carbonyl (C=O) groups excluding carboxylic acids is 2. The number of aromatic hydroxyl groups is 1. The lowest BCUT2D eigenvalue weighted by Gasteiger charge is -2.33. The van der Waals surface area contributed by atoms with Crippen LogP contribution in [0, 0.1) is 0 Å². The highest BCUT2D eigenvalue weighted by Gasteiger charge is 2.31. The van der Waals surface area contributed by atoms with Crippen LogP contribution in [0.3, 0.4) is 0 Å². The summed E-state index contributed by atoms with van der Waals surface area (Å²) in [5.74, 6) is 0.322. The Bertz CT molecular complexity index is 2090. The fourth-order valence-electron chi connectivity index (χ4n) is 5.54. The van der Waals surface area contributed by atoms with E-state index in [2.05, 4.69) is 26.1 Å². The molecule has 280 valence electrons. The van der Waals surface area contributed by atoms with Crippen molar-refractivity contribution in [1.29, 1.82) is 0 Å². The molecule has 16 heteroatoms. The van der Waals surface area contributed by atoms with Gasteiger partial charge in [0.05, 0.1) is 24.0 Å². The zero-order chi connectivity index (χ0) is 38.1. The maximum atomic E-state index is 13.1. The van der Waals surface area contributed by atoms with Gasteiger partial charge in [-0.3, -0.25) is 14.6 Å². The summed E-state index contributed by atoms with van der Waals surface area (Å²) in [5, 5.41) is 21.9. The SMILES string of the molecule is O=C(CN1CCN(Cc2csc(-c3ccc(NC(=O)Nc4cc(Cl)cc(C(F)(F)F)c4)cc3)n2)CC1)N/N=C/c1cc(OCc2ccccc2)ccc1O. The van der Waals surface area contributed by atoms with Crippen molar-refractivity contribution in [3.63, 3.8) is 0 Å². The van der Waals surface area contributed by atoms with Gasteiger partial charge in [-0.2, -0.15) is 18.3 Å². The van der Waals surface area contributed by atoms with E-state index >= 15 is 0 Å². The molecule has 3 amide bonds. The van der Waals surface area contributed by atoms with Crippen molar-refractivity contribution in [2.45, 2.75) is 19.3 Å². The standard InChI is InChI=1S/C38H35ClF3N7O4S/c39-29-17-28(38(40,41)42)18-31(19-29)46-37(52)45-30-8-6-26(7-9-30)36-44-32(24-54-36)21-48-12-14-49(15-13-48)22-35(51)47-43-20-27-16-33(10-11-34(27)50)53-23-25-4-2-1-3-5-25/h1-11,16-20,24,50H,12-15,21-23H2,(H,47,51)(H2,45,46,52)/b43-20+. The van der Waals surface area contributed by atoms with Crippen molar-refractivity contribution in [3.05, 3.63) is 124 Å². The molecule has 0 radical (unpaired) electrons. The topological polar surface area (TPSA) is 131 Å². The maximum absolute atomic E-state index is 13.1. The molecule has 1 fully saturated rings. The van der Waals surface area contributed by atoms with E-state index in [1.165, 1.54) is 29.7 Å². The Morgan fingerprint density at radius 2 is 1.65 bits per heavy atom. The number of piperazine rings is 1. The third-order valence-electron chi connectivity index (χ3n) is 8.28. The van der Waals surface area contributed by atoms with E-state index in [1.54, 1.807) is 36.4 Å². The molecule has 1 aliphatic heterocycles. The molecule has 0 aliphatic carbocycles. The molecule has 1 aromatic heterocycles. The number of phenolic OH excluding ortho intramolecular Hbond substituents is 1. The van der Waals surface area contributed by atoms with Crippen molar-refractivity contribution in [3.8, 4) is 22.1 Å². The summed E-state index contributed by atoms with van der Waals surface area (Å²) in [5.41, 5.74) is 5.12. The summed E-state index contributed by atoms with van der Waals surface area (Å²) >= 11 is 7.29. The molecule has 2 heterocycles. The number of thiazole rings is 1. The number of phenols is 1. The number of nitrogens with one attached hydrogen (secondary N) is 3. The third kappa shape index (κ3) is 11.0. The van der Waals surface area contributed by atoms with E-state index in [0.29, 0.717) is 43.2 Å². The molecule has 11 nitrogen and oxygen atoms in total. The minimum absolute atomic E-state index is 0.0176. The highest BCUT2D eigenvalue weighted by molar-refractivity contribution is 7.13. The van der Waals surface area contributed by atoms with Crippen LogP contribution < -0.4 is 20.8 Å². The van der Waals surface area contributed by atoms with Crippen LogP contribution in [0.4, 0.5) is 29.3 Å². The summed E-state index contributed by atoms with van der Waals surface area (Å²) in [7, 11) is 0. The maximum Gasteiger partial charge on any atom is 0.416 e. The highest BCUT2D eigenvalue weighted by atomic mass is 35.5. The first kappa shape index (κ1) is 38.3. The average Bonchev–Trinajstić information content (AvgIpc) is 3.61. The molecule has 0 spiro atoms. The summed E-state index contributed by atoms with van der Waals surface area (Å²) < 4.78 is 45.1. The van der Waals surface area contributed by atoms with E-state index < -0.39 is 17.8 Å². The van der Waals surface area contributed by atoms with Crippen molar-refractivity contribution in [1.82, 2.24) is 20.2 Å². The Hall–Kier alpha value is -5.48. The van der Waals surface area contributed by atoms with Gasteiger partial charge in [0.15, 0.2) is 0 Å². The zero-order valence-corrected chi connectivity index (χ0v) is 30.2. The fraction of sp³-hybridized carbons (Fsp3) is 0.211. The van der Waals surface area contributed by atoms with Gasteiger partial charge in [0.1, 0.15) is 23.1 Å². The number of amides is 3. The monoisotopic (exact) mass is 777 g/mol. The minimum Gasteiger partial charge on any atom is -0.507 e. The summed E-state index contributed by atoms with van der Waals surface area (Å²) in [6, 6.07) is 23.7. The van der Waals surface area contributed by atoms with E-state index in [9.17, 15) is 27.9 Å². The number of hydrazone groups is 1. The lowest BCUT2D eigenvalue weighted by molar-refractivity contribution is -0.137. The quantitative estimate of drug-likeness (QED) is 0.0756. The van der Waals surface area contributed by atoms with Gasteiger partial charge in [0.2, 0.25) is 0 Å². The van der Waals surface area contributed by atoms with Crippen LogP contribution in [0.1, 0.15) is 22.4 Å². The van der Waals surface area contributed by atoms with Crippen LogP contribution >= 0.6 is 22.9 Å². The molecule has 0 saturated carbocycles. The number of alkyl halides is 3. The van der Waals surface area contributed by atoms with Gasteiger partial charge in [-0.25, -0.2) is 15.2 Å². The summed E-state index contributed by atoms with van der Waals surface area (Å²) in [4.78, 5) is 34.1. The third-order valence-corrected chi connectivity index (χ3v) is 9.44. The Labute approximate surface area is 318 Å². The molecular weight excluding hydrogens is 743 g/mol. The van der Waals surface area contributed by atoms with Gasteiger partial charge in [0.25, 0.3) is 5.91 Å². The number of ether oxygens (including phenoxy) is 1.